The fraction of sp³-hybridized carbons (Fsp3) is 0.280. The maximum Gasteiger partial charge on any atom is 0.255 e. The van der Waals surface area contributed by atoms with Gasteiger partial charge in [-0.3, -0.25) is 19.2 Å². The Hall–Kier alpha value is -3.25. The molecule has 0 N–H and O–H groups in total. The van der Waals surface area contributed by atoms with E-state index in [2.05, 4.69) is 32.8 Å². The Morgan fingerprint density at radius 3 is 2.68 bits per heavy atom. The maximum atomic E-state index is 12.9. The molecule has 1 aliphatic heterocycles. The molecule has 0 saturated carbocycles. The Labute approximate surface area is 180 Å². The number of hydrogen-bond donors (Lipinski definition) is 0. The molecule has 1 aliphatic rings. The summed E-state index contributed by atoms with van der Waals surface area (Å²) in [4.78, 5) is 19.4. The minimum absolute atomic E-state index is 0.0884. The second-order valence-electron chi connectivity index (χ2n) is 8.39. The first-order chi connectivity index (χ1) is 15.0. The van der Waals surface area contributed by atoms with Crippen molar-refractivity contribution in [2.45, 2.75) is 12.8 Å². The van der Waals surface area contributed by atoms with Crippen LogP contribution in [-0.4, -0.2) is 45.3 Å². The summed E-state index contributed by atoms with van der Waals surface area (Å²) in [5, 5.41) is 1.20. The molecular weight excluding hydrogens is 391 g/mol. The zero-order valence-electron chi connectivity index (χ0n) is 17.8. The first-order valence-corrected chi connectivity index (χ1v) is 10.6. The molecule has 0 unspecified atom stereocenters. The highest BCUT2D eigenvalue weighted by Crippen LogP contribution is 2.34. The van der Waals surface area contributed by atoms with E-state index in [1.54, 1.807) is 16.8 Å². The molecule has 0 amide bonds. The Kier molecular flexibility index (Phi) is 4.94. The van der Waals surface area contributed by atoms with Crippen LogP contribution in [0.15, 0.2) is 65.8 Å². The van der Waals surface area contributed by atoms with Gasteiger partial charge in [0.25, 0.3) is 5.56 Å². The third-order valence-electron chi connectivity index (χ3n) is 6.21. The SMILES string of the molecule is Cc1ccc(-c2ccn(-c3ccc4c(C5CN(CCF)C5)cn(C)c4c3)c(=O)c2)nc1. The molecule has 3 aromatic heterocycles. The number of benzene rings is 1. The zero-order chi connectivity index (χ0) is 21.5. The average molecular weight is 417 g/mol. The monoisotopic (exact) mass is 416 g/mol. The van der Waals surface area contributed by atoms with Crippen LogP contribution in [0.25, 0.3) is 27.8 Å². The molecule has 4 aromatic rings. The number of alkyl halides is 1. The quantitative estimate of drug-likeness (QED) is 0.493. The van der Waals surface area contributed by atoms with Gasteiger partial charge in [-0.1, -0.05) is 12.1 Å². The number of pyridine rings is 2. The second kappa shape index (κ2) is 7.78. The topological polar surface area (TPSA) is 43.1 Å². The number of nitrogens with zero attached hydrogens (tertiary/aromatic N) is 4. The van der Waals surface area contributed by atoms with Crippen LogP contribution in [-0.2, 0) is 7.05 Å². The summed E-state index contributed by atoms with van der Waals surface area (Å²) < 4.78 is 16.3. The molecule has 6 heteroatoms. The van der Waals surface area contributed by atoms with Gasteiger partial charge in [-0.2, -0.15) is 0 Å². The summed E-state index contributed by atoms with van der Waals surface area (Å²) >= 11 is 0. The number of fused-ring (bicyclic) bond motifs is 1. The third kappa shape index (κ3) is 3.57. The molecule has 1 saturated heterocycles. The minimum atomic E-state index is -0.293. The van der Waals surface area contributed by atoms with E-state index in [0.717, 1.165) is 41.1 Å². The summed E-state index contributed by atoms with van der Waals surface area (Å²) in [7, 11) is 2.03. The lowest BCUT2D eigenvalue weighted by atomic mass is 9.91. The molecule has 31 heavy (non-hydrogen) atoms. The van der Waals surface area contributed by atoms with Gasteiger partial charge in [-0.15, -0.1) is 0 Å². The Bertz CT molecular complexity index is 1300. The van der Waals surface area contributed by atoms with Gasteiger partial charge in [-0.05, 0) is 42.3 Å². The molecule has 5 rings (SSSR count). The molecule has 0 atom stereocenters. The number of aryl methyl sites for hydroxylation is 2. The van der Waals surface area contributed by atoms with Crippen LogP contribution < -0.4 is 5.56 Å². The zero-order valence-corrected chi connectivity index (χ0v) is 17.8. The number of halogens is 1. The van der Waals surface area contributed by atoms with Gasteiger partial charge in [0.2, 0.25) is 0 Å². The Morgan fingerprint density at radius 2 is 1.97 bits per heavy atom. The van der Waals surface area contributed by atoms with Gasteiger partial charge in [-0.25, -0.2) is 4.39 Å². The van der Waals surface area contributed by atoms with Crippen LogP contribution in [0.2, 0.25) is 0 Å². The van der Waals surface area contributed by atoms with E-state index in [1.165, 1.54) is 10.9 Å². The van der Waals surface area contributed by atoms with Crippen LogP contribution in [0.3, 0.4) is 0 Å². The van der Waals surface area contributed by atoms with Crippen molar-refractivity contribution >= 4 is 10.9 Å². The minimum Gasteiger partial charge on any atom is -0.350 e. The van der Waals surface area contributed by atoms with Gasteiger partial charge in [0.1, 0.15) is 6.67 Å². The number of hydrogen-bond acceptors (Lipinski definition) is 3. The van der Waals surface area contributed by atoms with Crippen molar-refractivity contribution in [1.29, 1.82) is 0 Å². The molecule has 0 spiro atoms. The Morgan fingerprint density at radius 1 is 1.13 bits per heavy atom. The number of likely N-dealkylation sites (tertiary alicyclic amines) is 1. The summed E-state index contributed by atoms with van der Waals surface area (Å²) in [6.07, 6.45) is 5.78. The van der Waals surface area contributed by atoms with Crippen LogP contribution in [0.1, 0.15) is 17.0 Å². The van der Waals surface area contributed by atoms with E-state index in [-0.39, 0.29) is 12.2 Å². The largest absolute Gasteiger partial charge is 0.350 e. The molecule has 0 radical (unpaired) electrons. The first-order valence-electron chi connectivity index (χ1n) is 10.6. The molecule has 4 heterocycles. The molecule has 158 valence electrons. The highest BCUT2D eigenvalue weighted by molar-refractivity contribution is 5.86. The van der Waals surface area contributed by atoms with E-state index in [1.807, 2.05) is 44.4 Å². The molecule has 1 fully saturated rings. The second-order valence-corrected chi connectivity index (χ2v) is 8.39. The average Bonchev–Trinajstić information content (AvgIpc) is 3.06. The van der Waals surface area contributed by atoms with Crippen LogP contribution >= 0.6 is 0 Å². The van der Waals surface area contributed by atoms with E-state index >= 15 is 0 Å². The molecule has 1 aromatic carbocycles. The van der Waals surface area contributed by atoms with Crippen LogP contribution in [0, 0.1) is 6.92 Å². The van der Waals surface area contributed by atoms with E-state index in [9.17, 15) is 9.18 Å². The van der Waals surface area contributed by atoms with Crippen molar-refractivity contribution in [2.75, 3.05) is 26.3 Å². The van der Waals surface area contributed by atoms with E-state index in [0.29, 0.717) is 12.5 Å². The lowest BCUT2D eigenvalue weighted by Gasteiger charge is -2.38. The third-order valence-corrected chi connectivity index (χ3v) is 6.21. The lowest BCUT2D eigenvalue weighted by molar-refractivity contribution is 0.138. The normalized spacial score (nSPS) is 14.8. The van der Waals surface area contributed by atoms with Crippen LogP contribution in [0.4, 0.5) is 4.39 Å². The smallest absolute Gasteiger partial charge is 0.255 e. The van der Waals surface area contributed by atoms with Crippen molar-refractivity contribution in [2.24, 2.45) is 7.05 Å². The number of aromatic nitrogens is 3. The molecule has 0 bridgehead atoms. The van der Waals surface area contributed by atoms with Crippen molar-refractivity contribution in [1.82, 2.24) is 19.0 Å². The fourth-order valence-corrected chi connectivity index (χ4v) is 4.44. The van der Waals surface area contributed by atoms with Gasteiger partial charge in [0, 0.05) is 68.2 Å². The van der Waals surface area contributed by atoms with Gasteiger partial charge in [0.15, 0.2) is 0 Å². The standard InChI is InChI=1S/C25H25FN4O/c1-17-3-6-23(27-13-17)18-7-9-30(25(31)11-18)20-4-5-21-22(16-28(2)24(21)12-20)19-14-29(15-19)10-8-26/h3-7,9,11-13,16,19H,8,10,14-15H2,1-2H3. The van der Waals surface area contributed by atoms with E-state index < -0.39 is 0 Å². The lowest BCUT2D eigenvalue weighted by Crippen LogP contribution is -2.45. The first kappa shape index (κ1) is 19.7. The van der Waals surface area contributed by atoms with E-state index in [4.69, 9.17) is 0 Å². The fourth-order valence-electron chi connectivity index (χ4n) is 4.44. The van der Waals surface area contributed by atoms with Gasteiger partial charge < -0.3 is 4.57 Å². The summed E-state index contributed by atoms with van der Waals surface area (Å²) in [5.41, 5.74) is 5.83. The predicted octanol–water partition coefficient (Wildman–Crippen LogP) is 4.07. The van der Waals surface area contributed by atoms with Crippen molar-refractivity contribution in [3.63, 3.8) is 0 Å². The summed E-state index contributed by atoms with van der Waals surface area (Å²) in [6.45, 7) is 4.02. The van der Waals surface area contributed by atoms with Crippen molar-refractivity contribution < 1.29 is 4.39 Å². The Balaban J connectivity index is 1.46. The maximum absolute atomic E-state index is 12.9. The summed E-state index contributed by atoms with van der Waals surface area (Å²) in [5.74, 6) is 0.435. The molecule has 5 nitrogen and oxygen atoms in total. The van der Waals surface area contributed by atoms with Crippen LogP contribution in [0.5, 0.6) is 0 Å². The molecule has 0 aliphatic carbocycles. The van der Waals surface area contributed by atoms with Crippen molar-refractivity contribution in [3.8, 4) is 16.9 Å². The van der Waals surface area contributed by atoms with Gasteiger partial charge in [0.05, 0.1) is 16.9 Å². The number of rotatable bonds is 5. The highest BCUT2D eigenvalue weighted by Gasteiger charge is 2.29. The molecular formula is C25H25FN4O. The van der Waals surface area contributed by atoms with Crippen molar-refractivity contribution in [3.05, 3.63) is 82.5 Å². The summed E-state index contributed by atoms with van der Waals surface area (Å²) in [6, 6.07) is 13.6. The van der Waals surface area contributed by atoms with Gasteiger partial charge >= 0.3 is 0 Å². The predicted molar refractivity (Wildman–Crippen MR) is 122 cm³/mol. The highest BCUT2D eigenvalue weighted by atomic mass is 19.1.